The van der Waals surface area contributed by atoms with Crippen molar-refractivity contribution in [3.8, 4) is 5.75 Å². The summed E-state index contributed by atoms with van der Waals surface area (Å²) in [5.41, 5.74) is 0.754. The van der Waals surface area contributed by atoms with Crippen molar-refractivity contribution in [1.29, 1.82) is 0 Å². The van der Waals surface area contributed by atoms with Crippen LogP contribution in [0.4, 0.5) is 5.69 Å². The molecule has 1 atom stereocenters. The summed E-state index contributed by atoms with van der Waals surface area (Å²) < 4.78 is 5.08. The Morgan fingerprint density at radius 3 is 2.33 bits per heavy atom. The normalized spacial score (nSPS) is 11.8. The van der Waals surface area contributed by atoms with E-state index in [-0.39, 0.29) is 11.2 Å². The van der Waals surface area contributed by atoms with Gasteiger partial charge >= 0.3 is 0 Å². The highest BCUT2D eigenvalue weighted by molar-refractivity contribution is 8.00. The highest BCUT2D eigenvalue weighted by Gasteiger charge is 2.14. The Kier molecular flexibility index (Phi) is 5.53. The van der Waals surface area contributed by atoms with Gasteiger partial charge in [0, 0.05) is 15.6 Å². The van der Waals surface area contributed by atoms with Crippen molar-refractivity contribution >= 4 is 35.0 Å². The molecule has 0 saturated carbocycles. The summed E-state index contributed by atoms with van der Waals surface area (Å²) in [6.07, 6.45) is 0. The monoisotopic (exact) mass is 321 g/mol. The number of nitrogens with one attached hydrogen (secondary N) is 1. The van der Waals surface area contributed by atoms with Crippen LogP contribution in [0.25, 0.3) is 0 Å². The van der Waals surface area contributed by atoms with Crippen molar-refractivity contribution in [1.82, 2.24) is 0 Å². The Labute approximate surface area is 133 Å². The SMILES string of the molecule is COc1ccc(NC(=O)[C@H](C)Sc2ccc(Cl)cc2)cc1. The van der Waals surface area contributed by atoms with E-state index in [1.165, 1.54) is 11.8 Å². The first kappa shape index (κ1) is 15.7. The number of carbonyl (C=O) groups excluding carboxylic acids is 1. The molecule has 2 rings (SSSR count). The van der Waals surface area contributed by atoms with E-state index in [0.717, 1.165) is 16.3 Å². The van der Waals surface area contributed by atoms with E-state index in [0.29, 0.717) is 5.02 Å². The summed E-state index contributed by atoms with van der Waals surface area (Å²) in [6, 6.07) is 14.7. The third-order valence-electron chi connectivity index (χ3n) is 2.85. The number of methoxy groups -OCH3 is 1. The molecule has 0 bridgehead atoms. The molecule has 0 saturated heterocycles. The van der Waals surface area contributed by atoms with Gasteiger partial charge in [-0.1, -0.05) is 11.6 Å². The molecule has 0 spiro atoms. The molecule has 5 heteroatoms. The molecule has 0 aliphatic carbocycles. The van der Waals surface area contributed by atoms with Crippen LogP contribution in [0.15, 0.2) is 53.4 Å². The van der Waals surface area contributed by atoms with E-state index in [4.69, 9.17) is 16.3 Å². The van der Waals surface area contributed by atoms with Gasteiger partial charge in [0.2, 0.25) is 5.91 Å². The number of hydrogen-bond donors (Lipinski definition) is 1. The van der Waals surface area contributed by atoms with Crippen molar-refractivity contribution in [3.05, 3.63) is 53.6 Å². The maximum atomic E-state index is 12.1. The fraction of sp³-hybridized carbons (Fsp3) is 0.188. The van der Waals surface area contributed by atoms with Gasteiger partial charge in [-0.15, -0.1) is 11.8 Å². The van der Waals surface area contributed by atoms with Gasteiger partial charge in [-0.05, 0) is 55.5 Å². The van der Waals surface area contributed by atoms with Crippen LogP contribution >= 0.6 is 23.4 Å². The summed E-state index contributed by atoms with van der Waals surface area (Å²) in [7, 11) is 1.61. The van der Waals surface area contributed by atoms with E-state index in [1.54, 1.807) is 7.11 Å². The number of benzene rings is 2. The number of rotatable bonds is 5. The van der Waals surface area contributed by atoms with Crippen LogP contribution in [0.3, 0.4) is 0 Å². The van der Waals surface area contributed by atoms with Crippen LogP contribution in [-0.4, -0.2) is 18.3 Å². The third kappa shape index (κ3) is 4.69. The molecule has 1 N–H and O–H groups in total. The molecule has 0 aromatic heterocycles. The second-order valence-electron chi connectivity index (χ2n) is 4.43. The Bertz CT molecular complexity index is 599. The molecular weight excluding hydrogens is 306 g/mol. The summed E-state index contributed by atoms with van der Waals surface area (Å²) in [5.74, 6) is 0.719. The van der Waals surface area contributed by atoms with Crippen molar-refractivity contribution in [2.45, 2.75) is 17.1 Å². The quantitative estimate of drug-likeness (QED) is 0.826. The number of anilines is 1. The summed E-state index contributed by atoms with van der Waals surface area (Å²) in [6.45, 7) is 1.87. The first-order valence-electron chi connectivity index (χ1n) is 6.45. The van der Waals surface area contributed by atoms with Crippen molar-refractivity contribution in [3.63, 3.8) is 0 Å². The van der Waals surface area contributed by atoms with Crippen molar-refractivity contribution < 1.29 is 9.53 Å². The van der Waals surface area contributed by atoms with Crippen molar-refractivity contribution in [2.75, 3.05) is 12.4 Å². The van der Waals surface area contributed by atoms with E-state index >= 15 is 0 Å². The largest absolute Gasteiger partial charge is 0.497 e. The predicted octanol–water partition coefficient (Wildman–Crippen LogP) is 4.47. The Hall–Kier alpha value is -1.65. The maximum absolute atomic E-state index is 12.1. The van der Waals surface area contributed by atoms with Crippen LogP contribution in [0, 0.1) is 0 Å². The van der Waals surface area contributed by atoms with Crippen LogP contribution in [0.1, 0.15) is 6.92 Å². The topological polar surface area (TPSA) is 38.3 Å². The maximum Gasteiger partial charge on any atom is 0.237 e. The average molecular weight is 322 g/mol. The second-order valence-corrected chi connectivity index (χ2v) is 6.28. The van der Waals surface area contributed by atoms with E-state index in [2.05, 4.69) is 5.32 Å². The number of ether oxygens (including phenoxy) is 1. The Morgan fingerprint density at radius 2 is 1.76 bits per heavy atom. The molecule has 0 aliphatic heterocycles. The number of amides is 1. The average Bonchev–Trinajstić information content (AvgIpc) is 2.50. The van der Waals surface area contributed by atoms with Crippen LogP contribution in [-0.2, 0) is 4.79 Å². The predicted molar refractivity (Wildman–Crippen MR) is 88.4 cm³/mol. The smallest absolute Gasteiger partial charge is 0.237 e. The van der Waals surface area contributed by atoms with Gasteiger partial charge in [0.05, 0.1) is 12.4 Å². The van der Waals surface area contributed by atoms with Crippen LogP contribution in [0.2, 0.25) is 5.02 Å². The fourth-order valence-corrected chi connectivity index (χ4v) is 2.68. The summed E-state index contributed by atoms with van der Waals surface area (Å²) >= 11 is 7.34. The number of hydrogen-bond acceptors (Lipinski definition) is 3. The van der Waals surface area contributed by atoms with Crippen molar-refractivity contribution in [2.24, 2.45) is 0 Å². The molecule has 0 radical (unpaired) electrons. The van der Waals surface area contributed by atoms with Crippen LogP contribution in [0.5, 0.6) is 5.75 Å². The van der Waals surface area contributed by atoms with Gasteiger partial charge < -0.3 is 10.1 Å². The zero-order valence-corrected chi connectivity index (χ0v) is 13.4. The van der Waals surface area contributed by atoms with Gasteiger partial charge in [-0.25, -0.2) is 0 Å². The molecule has 0 aliphatic rings. The Balaban J connectivity index is 1.93. The number of halogens is 1. The molecule has 2 aromatic carbocycles. The lowest BCUT2D eigenvalue weighted by atomic mass is 10.3. The molecule has 1 amide bonds. The number of carbonyl (C=O) groups is 1. The van der Waals surface area contributed by atoms with E-state index in [9.17, 15) is 4.79 Å². The second kappa shape index (κ2) is 7.38. The third-order valence-corrected chi connectivity index (χ3v) is 4.22. The molecule has 21 heavy (non-hydrogen) atoms. The van der Waals surface area contributed by atoms with Gasteiger partial charge in [0.1, 0.15) is 5.75 Å². The van der Waals surface area contributed by atoms with Gasteiger partial charge in [-0.3, -0.25) is 4.79 Å². The molecule has 0 heterocycles. The van der Waals surface area contributed by atoms with Crippen LogP contribution < -0.4 is 10.1 Å². The minimum atomic E-state index is -0.201. The van der Waals surface area contributed by atoms with Gasteiger partial charge in [0.25, 0.3) is 0 Å². The minimum absolute atomic E-state index is 0.0416. The standard InChI is InChI=1S/C16H16ClNO2S/c1-11(21-15-9-3-12(17)4-10-15)16(19)18-13-5-7-14(20-2)8-6-13/h3-11H,1-2H3,(H,18,19)/t11-/m0/s1. The molecular formula is C16H16ClNO2S. The fourth-order valence-electron chi connectivity index (χ4n) is 1.69. The van der Waals surface area contributed by atoms with E-state index in [1.807, 2.05) is 55.5 Å². The minimum Gasteiger partial charge on any atom is -0.497 e. The highest BCUT2D eigenvalue weighted by Crippen LogP contribution is 2.25. The van der Waals surface area contributed by atoms with Gasteiger partial charge in [-0.2, -0.15) is 0 Å². The molecule has 110 valence electrons. The molecule has 2 aromatic rings. The Morgan fingerprint density at radius 1 is 1.14 bits per heavy atom. The lowest BCUT2D eigenvalue weighted by molar-refractivity contribution is -0.115. The lowest BCUT2D eigenvalue weighted by Gasteiger charge is -2.12. The molecule has 0 fully saturated rings. The molecule has 3 nitrogen and oxygen atoms in total. The first-order valence-corrected chi connectivity index (χ1v) is 7.71. The summed E-state index contributed by atoms with van der Waals surface area (Å²) in [5, 5.41) is 3.37. The first-order chi connectivity index (χ1) is 10.1. The lowest BCUT2D eigenvalue weighted by Crippen LogP contribution is -2.22. The highest BCUT2D eigenvalue weighted by atomic mass is 35.5. The summed E-state index contributed by atoms with van der Waals surface area (Å²) in [4.78, 5) is 13.2. The van der Waals surface area contributed by atoms with Gasteiger partial charge in [0.15, 0.2) is 0 Å². The molecule has 0 unspecified atom stereocenters. The zero-order valence-electron chi connectivity index (χ0n) is 11.8. The van der Waals surface area contributed by atoms with E-state index < -0.39 is 0 Å². The zero-order chi connectivity index (χ0) is 15.2. The number of thioether (sulfide) groups is 1.